The van der Waals surface area contributed by atoms with Crippen molar-refractivity contribution in [3.63, 3.8) is 0 Å². The summed E-state index contributed by atoms with van der Waals surface area (Å²) in [4.78, 5) is 12.0. The fraction of sp³-hybridized carbons (Fsp3) is 0.278. The summed E-state index contributed by atoms with van der Waals surface area (Å²) in [7, 11) is 1.74. The molecule has 2 N–H and O–H groups in total. The lowest BCUT2D eigenvalue weighted by Crippen LogP contribution is -2.35. The molecular weight excluding hydrogens is 347 g/mol. The predicted molar refractivity (Wildman–Crippen MR) is 100 cm³/mol. The van der Waals surface area contributed by atoms with Gasteiger partial charge in [0.15, 0.2) is 0 Å². The SMILES string of the molecule is CCOc1ccc(C(NC(=O)CNC)c2cccc(Cl)c2)cc1.Cl. The number of benzene rings is 2. The first-order chi connectivity index (χ1) is 11.1. The number of amides is 1. The van der Waals surface area contributed by atoms with Crippen LogP contribution in [0.4, 0.5) is 0 Å². The van der Waals surface area contributed by atoms with E-state index in [1.54, 1.807) is 7.05 Å². The molecule has 1 amide bonds. The number of rotatable bonds is 7. The Bertz CT molecular complexity index is 648. The van der Waals surface area contributed by atoms with Crippen molar-refractivity contribution in [1.29, 1.82) is 0 Å². The number of hydrogen-bond acceptors (Lipinski definition) is 3. The van der Waals surface area contributed by atoms with Crippen LogP contribution in [0, 0.1) is 0 Å². The van der Waals surface area contributed by atoms with E-state index in [4.69, 9.17) is 16.3 Å². The lowest BCUT2D eigenvalue weighted by Gasteiger charge is -2.20. The number of likely N-dealkylation sites (N-methyl/N-ethyl adjacent to an activating group) is 1. The van der Waals surface area contributed by atoms with E-state index in [2.05, 4.69) is 10.6 Å². The summed E-state index contributed by atoms with van der Waals surface area (Å²) < 4.78 is 5.47. The highest BCUT2D eigenvalue weighted by molar-refractivity contribution is 6.30. The summed E-state index contributed by atoms with van der Waals surface area (Å²) in [5.74, 6) is 0.731. The van der Waals surface area contributed by atoms with E-state index in [1.807, 2.05) is 55.5 Å². The predicted octanol–water partition coefficient (Wildman–Crippen LogP) is 3.59. The molecule has 130 valence electrons. The van der Waals surface area contributed by atoms with Gasteiger partial charge < -0.3 is 15.4 Å². The molecule has 6 heteroatoms. The van der Waals surface area contributed by atoms with Gasteiger partial charge in [0.1, 0.15) is 5.75 Å². The maximum atomic E-state index is 12.0. The fourth-order valence-electron chi connectivity index (χ4n) is 2.34. The molecule has 0 aliphatic carbocycles. The molecule has 0 saturated carbocycles. The standard InChI is InChI=1S/C18H21ClN2O2.ClH/c1-3-23-16-9-7-13(8-10-16)18(21-17(22)12-20-2)14-5-4-6-15(19)11-14;/h4-11,18,20H,3,12H2,1-2H3,(H,21,22);1H. The highest BCUT2D eigenvalue weighted by atomic mass is 35.5. The van der Waals surface area contributed by atoms with Crippen molar-refractivity contribution in [3.8, 4) is 5.75 Å². The minimum Gasteiger partial charge on any atom is -0.494 e. The number of halogens is 2. The Kier molecular flexibility index (Phi) is 8.61. The van der Waals surface area contributed by atoms with Gasteiger partial charge in [-0.25, -0.2) is 0 Å². The molecule has 0 bridgehead atoms. The van der Waals surface area contributed by atoms with Crippen LogP contribution >= 0.6 is 24.0 Å². The summed E-state index contributed by atoms with van der Waals surface area (Å²) in [6.07, 6.45) is 0. The maximum Gasteiger partial charge on any atom is 0.234 e. The third-order valence-corrected chi connectivity index (χ3v) is 3.58. The van der Waals surface area contributed by atoms with E-state index in [1.165, 1.54) is 0 Å². The van der Waals surface area contributed by atoms with Gasteiger partial charge >= 0.3 is 0 Å². The highest BCUT2D eigenvalue weighted by Gasteiger charge is 2.17. The van der Waals surface area contributed by atoms with Gasteiger partial charge in [0.2, 0.25) is 5.91 Å². The molecule has 24 heavy (non-hydrogen) atoms. The van der Waals surface area contributed by atoms with Crippen LogP contribution in [0.2, 0.25) is 5.02 Å². The molecule has 2 aromatic rings. The monoisotopic (exact) mass is 368 g/mol. The van der Waals surface area contributed by atoms with Crippen LogP contribution in [0.15, 0.2) is 48.5 Å². The Balaban J connectivity index is 0.00000288. The number of carbonyl (C=O) groups excluding carboxylic acids is 1. The van der Waals surface area contributed by atoms with E-state index in [0.717, 1.165) is 16.9 Å². The second-order valence-corrected chi connectivity index (χ2v) is 5.52. The lowest BCUT2D eigenvalue weighted by molar-refractivity contribution is -0.120. The molecule has 2 aromatic carbocycles. The first-order valence-electron chi connectivity index (χ1n) is 7.56. The molecule has 1 atom stereocenters. The Labute approximate surface area is 154 Å². The molecular formula is C18H22Cl2N2O2. The summed E-state index contributed by atoms with van der Waals surface area (Å²) in [5.41, 5.74) is 1.91. The molecule has 1 unspecified atom stereocenters. The fourth-order valence-corrected chi connectivity index (χ4v) is 2.54. The Morgan fingerprint density at radius 1 is 1.17 bits per heavy atom. The number of hydrogen-bond donors (Lipinski definition) is 2. The Morgan fingerprint density at radius 2 is 1.88 bits per heavy atom. The van der Waals surface area contributed by atoms with Gasteiger partial charge in [-0.3, -0.25) is 4.79 Å². The van der Waals surface area contributed by atoms with Crippen molar-refractivity contribution >= 4 is 29.9 Å². The zero-order valence-corrected chi connectivity index (χ0v) is 15.3. The number of nitrogens with one attached hydrogen (secondary N) is 2. The summed E-state index contributed by atoms with van der Waals surface area (Å²) >= 11 is 6.10. The van der Waals surface area contributed by atoms with Crippen molar-refractivity contribution in [2.24, 2.45) is 0 Å². The van der Waals surface area contributed by atoms with Crippen molar-refractivity contribution in [2.45, 2.75) is 13.0 Å². The van der Waals surface area contributed by atoms with E-state index < -0.39 is 0 Å². The van der Waals surface area contributed by atoms with Gasteiger partial charge in [-0.15, -0.1) is 12.4 Å². The van der Waals surface area contributed by atoms with Crippen molar-refractivity contribution < 1.29 is 9.53 Å². The molecule has 0 saturated heterocycles. The van der Waals surface area contributed by atoms with Crippen LogP contribution in [0.3, 0.4) is 0 Å². The Hall–Kier alpha value is -1.75. The molecule has 4 nitrogen and oxygen atoms in total. The average molecular weight is 369 g/mol. The molecule has 0 radical (unpaired) electrons. The van der Waals surface area contributed by atoms with E-state index in [0.29, 0.717) is 11.6 Å². The van der Waals surface area contributed by atoms with Crippen LogP contribution in [0.1, 0.15) is 24.1 Å². The van der Waals surface area contributed by atoms with Gasteiger partial charge in [-0.1, -0.05) is 35.9 Å². The van der Waals surface area contributed by atoms with Gasteiger partial charge in [0, 0.05) is 5.02 Å². The van der Waals surface area contributed by atoms with Crippen LogP contribution in [-0.2, 0) is 4.79 Å². The van der Waals surface area contributed by atoms with E-state index in [-0.39, 0.29) is 30.9 Å². The molecule has 0 heterocycles. The summed E-state index contributed by atoms with van der Waals surface area (Å²) in [5, 5.41) is 6.52. The summed E-state index contributed by atoms with van der Waals surface area (Å²) in [6.45, 7) is 2.82. The van der Waals surface area contributed by atoms with Gasteiger partial charge in [0.25, 0.3) is 0 Å². The highest BCUT2D eigenvalue weighted by Crippen LogP contribution is 2.26. The quantitative estimate of drug-likeness (QED) is 0.784. The third-order valence-electron chi connectivity index (χ3n) is 3.35. The van der Waals surface area contributed by atoms with Crippen LogP contribution in [0.25, 0.3) is 0 Å². The van der Waals surface area contributed by atoms with E-state index >= 15 is 0 Å². The Morgan fingerprint density at radius 3 is 2.46 bits per heavy atom. The zero-order valence-electron chi connectivity index (χ0n) is 13.7. The van der Waals surface area contributed by atoms with Gasteiger partial charge in [-0.2, -0.15) is 0 Å². The van der Waals surface area contributed by atoms with Crippen molar-refractivity contribution in [3.05, 3.63) is 64.7 Å². The second kappa shape index (κ2) is 10.2. The topological polar surface area (TPSA) is 50.4 Å². The lowest BCUT2D eigenvalue weighted by atomic mass is 9.98. The molecule has 0 fully saturated rings. The maximum absolute atomic E-state index is 12.0. The summed E-state index contributed by atoms with van der Waals surface area (Å²) in [6, 6.07) is 15.0. The number of carbonyl (C=O) groups is 1. The van der Waals surface area contributed by atoms with Gasteiger partial charge in [-0.05, 0) is 49.4 Å². The van der Waals surface area contributed by atoms with Crippen LogP contribution < -0.4 is 15.4 Å². The normalized spacial score (nSPS) is 11.3. The number of ether oxygens (including phenoxy) is 1. The van der Waals surface area contributed by atoms with Crippen molar-refractivity contribution in [2.75, 3.05) is 20.2 Å². The minimum atomic E-state index is -0.259. The smallest absolute Gasteiger partial charge is 0.234 e. The van der Waals surface area contributed by atoms with Crippen molar-refractivity contribution in [1.82, 2.24) is 10.6 Å². The first kappa shape index (κ1) is 20.3. The molecule has 0 aromatic heterocycles. The zero-order chi connectivity index (χ0) is 16.7. The average Bonchev–Trinajstić information content (AvgIpc) is 2.54. The molecule has 0 aliphatic rings. The van der Waals surface area contributed by atoms with Gasteiger partial charge in [0.05, 0.1) is 19.2 Å². The van der Waals surface area contributed by atoms with Crippen LogP contribution in [-0.4, -0.2) is 26.1 Å². The molecule has 0 spiro atoms. The molecule has 0 aliphatic heterocycles. The largest absolute Gasteiger partial charge is 0.494 e. The molecule has 2 rings (SSSR count). The second-order valence-electron chi connectivity index (χ2n) is 5.09. The third kappa shape index (κ3) is 5.71. The van der Waals surface area contributed by atoms with E-state index in [9.17, 15) is 4.79 Å². The minimum absolute atomic E-state index is 0. The van der Waals surface area contributed by atoms with Crippen LogP contribution in [0.5, 0.6) is 5.75 Å². The first-order valence-corrected chi connectivity index (χ1v) is 7.94.